The second-order valence-electron chi connectivity index (χ2n) is 8.53. The van der Waals surface area contributed by atoms with Crippen molar-refractivity contribution in [2.24, 2.45) is 5.92 Å². The summed E-state index contributed by atoms with van der Waals surface area (Å²) in [5.41, 5.74) is 1.94. The molecular formula is C25H29N5O2S2. The van der Waals surface area contributed by atoms with Crippen molar-refractivity contribution < 1.29 is 9.53 Å². The Kier molecular flexibility index (Phi) is 7.53. The molecule has 0 bridgehead atoms. The van der Waals surface area contributed by atoms with E-state index in [1.165, 1.54) is 11.8 Å². The van der Waals surface area contributed by atoms with Crippen molar-refractivity contribution in [3.05, 3.63) is 53.5 Å². The normalized spacial score (nSPS) is 12.3. The second kappa shape index (κ2) is 10.6. The van der Waals surface area contributed by atoms with Crippen LogP contribution in [0.2, 0.25) is 0 Å². The van der Waals surface area contributed by atoms with E-state index in [1.807, 2.05) is 56.4 Å². The first-order valence-electron chi connectivity index (χ1n) is 11.2. The molecule has 0 spiro atoms. The molecule has 9 heteroatoms. The van der Waals surface area contributed by atoms with Crippen LogP contribution in [-0.2, 0) is 11.3 Å². The van der Waals surface area contributed by atoms with E-state index in [9.17, 15) is 4.79 Å². The van der Waals surface area contributed by atoms with Gasteiger partial charge in [-0.05, 0) is 49.2 Å². The van der Waals surface area contributed by atoms with Crippen LogP contribution in [0.3, 0.4) is 0 Å². The molecule has 178 valence electrons. The summed E-state index contributed by atoms with van der Waals surface area (Å²) in [4.78, 5) is 19.5. The highest BCUT2D eigenvalue weighted by atomic mass is 32.2. The number of thiazole rings is 1. The van der Waals surface area contributed by atoms with Gasteiger partial charge in [0.25, 0.3) is 0 Å². The predicted molar refractivity (Wildman–Crippen MR) is 138 cm³/mol. The Morgan fingerprint density at radius 3 is 2.53 bits per heavy atom. The van der Waals surface area contributed by atoms with Gasteiger partial charge in [0.15, 0.2) is 11.0 Å². The maximum absolute atomic E-state index is 13.0. The molecule has 1 atom stereocenters. The highest BCUT2D eigenvalue weighted by molar-refractivity contribution is 7.99. The highest BCUT2D eigenvalue weighted by Gasteiger charge is 2.22. The van der Waals surface area contributed by atoms with Crippen LogP contribution in [0.5, 0.6) is 5.75 Å². The Morgan fingerprint density at radius 2 is 1.85 bits per heavy atom. The first-order chi connectivity index (χ1) is 16.4. The summed E-state index contributed by atoms with van der Waals surface area (Å²) >= 11 is 3.05. The van der Waals surface area contributed by atoms with Gasteiger partial charge in [-0.25, -0.2) is 4.98 Å². The zero-order valence-corrected chi connectivity index (χ0v) is 21.7. The number of benzene rings is 2. The van der Waals surface area contributed by atoms with Gasteiger partial charge in [0.2, 0.25) is 5.91 Å². The average Bonchev–Trinajstić information content (AvgIpc) is 3.45. The zero-order valence-electron chi connectivity index (χ0n) is 20.1. The van der Waals surface area contributed by atoms with Gasteiger partial charge < -0.3 is 14.2 Å². The average molecular weight is 496 g/mol. The maximum Gasteiger partial charge on any atom is 0.233 e. The third-order valence-electron chi connectivity index (χ3n) is 5.58. The lowest BCUT2D eigenvalue weighted by Crippen LogP contribution is -2.31. The molecule has 0 N–H and O–H groups in total. The van der Waals surface area contributed by atoms with Crippen molar-refractivity contribution in [3.8, 4) is 17.1 Å². The Hall–Kier alpha value is -2.91. The Labute approximate surface area is 208 Å². The fraction of sp³-hybridized carbons (Fsp3) is 0.360. The summed E-state index contributed by atoms with van der Waals surface area (Å²) < 4.78 is 8.50. The summed E-state index contributed by atoms with van der Waals surface area (Å²) in [5, 5.41) is 10.5. The number of carbonyl (C=O) groups is 1. The Bertz CT molecular complexity index is 1230. The number of thioether (sulfide) groups is 1. The predicted octanol–water partition coefficient (Wildman–Crippen LogP) is 5.53. The molecule has 7 nitrogen and oxygen atoms in total. The van der Waals surface area contributed by atoms with E-state index in [0.717, 1.165) is 44.1 Å². The van der Waals surface area contributed by atoms with Gasteiger partial charge in [0.05, 0.1) is 29.1 Å². The molecule has 34 heavy (non-hydrogen) atoms. The van der Waals surface area contributed by atoms with Crippen LogP contribution in [0.15, 0.2) is 53.7 Å². The van der Waals surface area contributed by atoms with Gasteiger partial charge in [-0.15, -0.1) is 21.5 Å². The number of aromatic nitrogens is 4. The number of hydrogen-bond acceptors (Lipinski definition) is 7. The number of nitrogens with zero attached hydrogens (tertiary/aromatic N) is 5. The number of para-hydroxylation sites is 1. The Balaban J connectivity index is 1.48. The minimum atomic E-state index is -0.103. The van der Waals surface area contributed by atoms with Crippen LogP contribution >= 0.6 is 23.1 Å². The fourth-order valence-electron chi connectivity index (χ4n) is 3.56. The summed E-state index contributed by atoms with van der Waals surface area (Å²) in [6.45, 7) is 7.10. The second-order valence-corrected chi connectivity index (χ2v) is 10.5. The smallest absolute Gasteiger partial charge is 0.233 e. The summed E-state index contributed by atoms with van der Waals surface area (Å²) in [5.74, 6) is 2.31. The molecule has 0 saturated heterocycles. The SMILES string of the molecule is COc1ccc(-c2nnc(SCC(=O)N(C)[C@@H](C)c3nc4ccccc4s3)n2CC(C)C)cc1. The quantitative estimate of drug-likeness (QED) is 0.284. The molecule has 0 unspecified atom stereocenters. The molecule has 0 fully saturated rings. The standard InChI is InChI=1S/C25H29N5O2S2/c1-16(2)14-30-23(18-10-12-19(32-5)13-11-18)27-28-25(30)33-15-22(31)29(4)17(3)24-26-20-8-6-7-9-21(20)34-24/h6-13,16-17H,14-15H2,1-5H3/t17-/m0/s1. The first-order valence-corrected chi connectivity index (χ1v) is 13.0. The minimum absolute atomic E-state index is 0.0295. The Morgan fingerprint density at radius 1 is 1.12 bits per heavy atom. The van der Waals surface area contributed by atoms with E-state index in [-0.39, 0.29) is 17.7 Å². The lowest BCUT2D eigenvalue weighted by Gasteiger charge is -2.23. The van der Waals surface area contributed by atoms with E-state index in [0.29, 0.717) is 5.92 Å². The van der Waals surface area contributed by atoms with Gasteiger partial charge in [0.1, 0.15) is 10.8 Å². The van der Waals surface area contributed by atoms with Gasteiger partial charge in [-0.1, -0.05) is 37.7 Å². The number of hydrogen-bond donors (Lipinski definition) is 0. The highest BCUT2D eigenvalue weighted by Crippen LogP contribution is 2.30. The number of amides is 1. The molecule has 1 amide bonds. The van der Waals surface area contributed by atoms with E-state index >= 15 is 0 Å². The van der Waals surface area contributed by atoms with Crippen LogP contribution in [0.25, 0.3) is 21.6 Å². The number of fused-ring (bicyclic) bond motifs is 1. The van der Waals surface area contributed by atoms with Crippen molar-refractivity contribution in [3.63, 3.8) is 0 Å². The molecule has 0 aliphatic heterocycles. The van der Waals surface area contributed by atoms with Crippen LogP contribution in [-0.4, -0.2) is 50.5 Å². The van der Waals surface area contributed by atoms with Crippen molar-refractivity contribution in [1.82, 2.24) is 24.6 Å². The number of methoxy groups -OCH3 is 1. The lowest BCUT2D eigenvalue weighted by molar-refractivity contribution is -0.128. The molecule has 4 aromatic rings. The number of ether oxygens (including phenoxy) is 1. The van der Waals surface area contributed by atoms with Gasteiger partial charge >= 0.3 is 0 Å². The topological polar surface area (TPSA) is 73.1 Å². The van der Waals surface area contributed by atoms with Gasteiger partial charge in [-0.3, -0.25) is 4.79 Å². The van der Waals surface area contributed by atoms with Gasteiger partial charge in [-0.2, -0.15) is 0 Å². The maximum atomic E-state index is 13.0. The van der Waals surface area contributed by atoms with Crippen molar-refractivity contribution >= 4 is 39.2 Å². The van der Waals surface area contributed by atoms with Crippen molar-refractivity contribution in [2.45, 2.75) is 38.5 Å². The summed E-state index contributed by atoms with van der Waals surface area (Å²) in [7, 11) is 3.48. The van der Waals surface area contributed by atoms with Gasteiger partial charge in [0, 0.05) is 19.2 Å². The molecule has 2 aromatic heterocycles. The summed E-state index contributed by atoms with van der Waals surface area (Å²) in [6, 6.07) is 15.7. The number of rotatable bonds is 9. The molecule has 2 aromatic carbocycles. The zero-order chi connectivity index (χ0) is 24.2. The van der Waals surface area contributed by atoms with Crippen LogP contribution in [0, 0.1) is 5.92 Å². The molecule has 0 aliphatic carbocycles. The lowest BCUT2D eigenvalue weighted by atomic mass is 10.2. The van der Waals surface area contributed by atoms with E-state index < -0.39 is 0 Å². The van der Waals surface area contributed by atoms with Crippen LogP contribution in [0.1, 0.15) is 31.8 Å². The molecule has 0 saturated carbocycles. The number of carbonyl (C=O) groups excluding carboxylic acids is 1. The minimum Gasteiger partial charge on any atom is -0.497 e. The largest absolute Gasteiger partial charge is 0.497 e. The molecule has 0 aliphatic rings. The van der Waals surface area contributed by atoms with E-state index in [4.69, 9.17) is 9.72 Å². The van der Waals surface area contributed by atoms with Crippen molar-refractivity contribution in [1.29, 1.82) is 0 Å². The molecular weight excluding hydrogens is 466 g/mol. The van der Waals surface area contributed by atoms with E-state index in [2.05, 4.69) is 34.7 Å². The van der Waals surface area contributed by atoms with Crippen LogP contribution in [0.4, 0.5) is 0 Å². The summed E-state index contributed by atoms with van der Waals surface area (Å²) in [6.07, 6.45) is 0. The monoisotopic (exact) mass is 495 g/mol. The van der Waals surface area contributed by atoms with E-state index in [1.54, 1.807) is 23.3 Å². The third-order valence-corrected chi connectivity index (χ3v) is 7.74. The molecule has 0 radical (unpaired) electrons. The fourth-order valence-corrected chi connectivity index (χ4v) is 5.49. The molecule has 2 heterocycles. The van der Waals surface area contributed by atoms with Crippen LogP contribution < -0.4 is 4.74 Å². The first kappa shape index (κ1) is 24.2. The third kappa shape index (κ3) is 5.26. The molecule has 4 rings (SSSR count). The van der Waals surface area contributed by atoms with Crippen molar-refractivity contribution in [2.75, 3.05) is 19.9 Å².